The van der Waals surface area contributed by atoms with Crippen molar-refractivity contribution >= 4 is 10.9 Å². The van der Waals surface area contributed by atoms with Gasteiger partial charge < -0.3 is 4.98 Å². The Hall–Kier alpha value is -1.85. The minimum Gasteiger partial charge on any atom is -0.350 e. The Bertz CT molecular complexity index is 642. The van der Waals surface area contributed by atoms with Crippen LogP contribution in [0.25, 0.3) is 10.9 Å². The number of benzene rings is 1. The Morgan fingerprint density at radius 2 is 1.88 bits per heavy atom. The molecule has 6 heteroatoms. The van der Waals surface area contributed by atoms with Gasteiger partial charge in [0.1, 0.15) is 11.5 Å². The van der Waals surface area contributed by atoms with E-state index in [1.54, 1.807) is 0 Å². The second-order valence-corrected chi connectivity index (χ2v) is 3.66. The highest BCUT2D eigenvalue weighted by atomic mass is 19.4. The van der Waals surface area contributed by atoms with Crippen LogP contribution in [0.15, 0.2) is 23.0 Å². The molecule has 0 atom stereocenters. The summed E-state index contributed by atoms with van der Waals surface area (Å²) in [6.07, 6.45) is -4.66. The second-order valence-electron chi connectivity index (χ2n) is 3.66. The van der Waals surface area contributed by atoms with Gasteiger partial charge in [0.15, 0.2) is 5.43 Å². The maximum Gasteiger partial charge on any atom is 0.431 e. The number of aromatic amines is 1. The number of hydrogen-bond donors (Lipinski definition) is 1. The van der Waals surface area contributed by atoms with E-state index in [1.807, 2.05) is 0 Å². The Morgan fingerprint density at radius 1 is 1.24 bits per heavy atom. The average Bonchev–Trinajstić information content (AvgIpc) is 2.21. The molecule has 0 aliphatic heterocycles. The molecule has 0 aliphatic carbocycles. The Balaban J connectivity index is 2.92. The zero-order valence-electron chi connectivity index (χ0n) is 8.65. The van der Waals surface area contributed by atoms with Crippen molar-refractivity contribution in [1.82, 2.24) is 4.98 Å². The SMILES string of the molecule is Cc1ccc(F)c2c(=O)cc(C(F)(F)F)[nH]c12. The first-order valence-corrected chi connectivity index (χ1v) is 4.70. The van der Waals surface area contributed by atoms with Gasteiger partial charge in [0.2, 0.25) is 0 Å². The third-order valence-electron chi connectivity index (χ3n) is 2.45. The molecule has 0 radical (unpaired) electrons. The zero-order valence-corrected chi connectivity index (χ0v) is 8.65. The lowest BCUT2D eigenvalue weighted by Crippen LogP contribution is -2.15. The number of rotatable bonds is 0. The molecular weight excluding hydrogens is 238 g/mol. The summed E-state index contributed by atoms with van der Waals surface area (Å²) in [5.74, 6) is -0.833. The third-order valence-corrected chi connectivity index (χ3v) is 2.45. The first kappa shape index (κ1) is 11.6. The van der Waals surface area contributed by atoms with Gasteiger partial charge in [-0.15, -0.1) is 0 Å². The number of alkyl halides is 3. The first-order valence-electron chi connectivity index (χ1n) is 4.70. The van der Waals surface area contributed by atoms with Crippen LogP contribution in [0.3, 0.4) is 0 Å². The molecule has 0 unspecified atom stereocenters. The van der Waals surface area contributed by atoms with Crippen LogP contribution in [0.2, 0.25) is 0 Å². The number of aryl methyl sites for hydroxylation is 1. The van der Waals surface area contributed by atoms with Gasteiger partial charge in [0.05, 0.1) is 10.9 Å². The summed E-state index contributed by atoms with van der Waals surface area (Å²) in [6.45, 7) is 1.50. The Morgan fingerprint density at radius 3 is 2.47 bits per heavy atom. The van der Waals surface area contributed by atoms with Gasteiger partial charge in [-0.1, -0.05) is 6.07 Å². The fourth-order valence-corrected chi connectivity index (χ4v) is 1.61. The van der Waals surface area contributed by atoms with E-state index >= 15 is 0 Å². The second kappa shape index (κ2) is 3.58. The van der Waals surface area contributed by atoms with Crippen molar-refractivity contribution in [2.45, 2.75) is 13.1 Å². The first-order chi connectivity index (χ1) is 7.80. The highest BCUT2D eigenvalue weighted by Crippen LogP contribution is 2.28. The quantitative estimate of drug-likeness (QED) is 0.711. The van der Waals surface area contributed by atoms with Crippen molar-refractivity contribution in [2.24, 2.45) is 0 Å². The van der Waals surface area contributed by atoms with Crippen LogP contribution in [-0.2, 0) is 6.18 Å². The lowest BCUT2D eigenvalue weighted by molar-refractivity contribution is -0.141. The van der Waals surface area contributed by atoms with Crippen LogP contribution in [-0.4, -0.2) is 4.98 Å². The number of pyridine rings is 1. The van der Waals surface area contributed by atoms with Crippen molar-refractivity contribution in [3.63, 3.8) is 0 Å². The molecular formula is C11H7F4NO. The summed E-state index contributed by atoms with van der Waals surface area (Å²) in [4.78, 5) is 13.5. The van der Waals surface area contributed by atoms with Crippen LogP contribution in [0.4, 0.5) is 17.6 Å². The number of H-pyrrole nitrogens is 1. The predicted octanol–water partition coefficient (Wildman–Crippen LogP) is 2.99. The van der Waals surface area contributed by atoms with E-state index in [-0.39, 0.29) is 10.9 Å². The standard InChI is InChI=1S/C11H7F4NO/c1-5-2-3-6(12)9-7(17)4-8(11(13,14)15)16-10(5)9/h2-4H,1H3,(H,16,17). The van der Waals surface area contributed by atoms with E-state index in [1.165, 1.54) is 13.0 Å². The van der Waals surface area contributed by atoms with E-state index in [0.717, 1.165) is 6.07 Å². The minimum absolute atomic E-state index is 0.121. The lowest BCUT2D eigenvalue weighted by Gasteiger charge is -2.09. The molecule has 90 valence electrons. The molecule has 2 nitrogen and oxygen atoms in total. The molecule has 2 aromatic rings. The molecule has 0 bridgehead atoms. The van der Waals surface area contributed by atoms with Gasteiger partial charge in [-0.3, -0.25) is 4.79 Å². The molecule has 0 aliphatic rings. The van der Waals surface area contributed by atoms with Crippen LogP contribution < -0.4 is 5.43 Å². The monoisotopic (exact) mass is 245 g/mol. The molecule has 0 saturated heterocycles. The fourth-order valence-electron chi connectivity index (χ4n) is 1.61. The number of fused-ring (bicyclic) bond motifs is 1. The number of aromatic nitrogens is 1. The molecule has 0 amide bonds. The normalized spacial score (nSPS) is 12.1. The van der Waals surface area contributed by atoms with E-state index in [4.69, 9.17) is 0 Å². The van der Waals surface area contributed by atoms with Crippen molar-refractivity contribution in [3.05, 3.63) is 45.5 Å². The van der Waals surface area contributed by atoms with Crippen LogP contribution in [0.1, 0.15) is 11.3 Å². The number of hydrogen-bond acceptors (Lipinski definition) is 1. The van der Waals surface area contributed by atoms with Crippen LogP contribution in [0, 0.1) is 12.7 Å². The molecule has 0 saturated carbocycles. The summed E-state index contributed by atoms with van der Waals surface area (Å²) in [6, 6.07) is 2.73. The van der Waals surface area contributed by atoms with E-state index in [2.05, 4.69) is 4.98 Å². The van der Waals surface area contributed by atoms with Gasteiger partial charge in [-0.2, -0.15) is 13.2 Å². The topological polar surface area (TPSA) is 32.9 Å². The maximum absolute atomic E-state index is 13.4. The summed E-state index contributed by atoms with van der Waals surface area (Å²) in [7, 11) is 0. The molecule has 0 spiro atoms. The highest BCUT2D eigenvalue weighted by molar-refractivity contribution is 5.82. The van der Waals surface area contributed by atoms with Crippen molar-refractivity contribution in [2.75, 3.05) is 0 Å². The van der Waals surface area contributed by atoms with Crippen molar-refractivity contribution < 1.29 is 17.6 Å². The summed E-state index contributed by atoms with van der Waals surface area (Å²) >= 11 is 0. The Kier molecular flexibility index (Phi) is 2.45. The molecule has 17 heavy (non-hydrogen) atoms. The molecule has 0 fully saturated rings. The van der Waals surface area contributed by atoms with Crippen LogP contribution >= 0.6 is 0 Å². The zero-order chi connectivity index (χ0) is 12.8. The van der Waals surface area contributed by atoms with Crippen molar-refractivity contribution in [3.8, 4) is 0 Å². The smallest absolute Gasteiger partial charge is 0.350 e. The molecule has 1 heterocycles. The largest absolute Gasteiger partial charge is 0.431 e. The van der Waals surface area contributed by atoms with Crippen molar-refractivity contribution in [1.29, 1.82) is 0 Å². The van der Waals surface area contributed by atoms with Gasteiger partial charge in [-0.05, 0) is 18.6 Å². The van der Waals surface area contributed by atoms with E-state index < -0.39 is 23.1 Å². The molecule has 1 N–H and O–H groups in total. The van der Waals surface area contributed by atoms with Gasteiger partial charge in [0.25, 0.3) is 0 Å². The van der Waals surface area contributed by atoms with E-state index in [0.29, 0.717) is 11.6 Å². The molecule has 2 rings (SSSR count). The fraction of sp³-hybridized carbons (Fsp3) is 0.182. The molecule has 1 aromatic heterocycles. The number of nitrogens with one attached hydrogen (secondary N) is 1. The highest BCUT2D eigenvalue weighted by Gasteiger charge is 2.32. The van der Waals surface area contributed by atoms with Gasteiger partial charge >= 0.3 is 6.18 Å². The van der Waals surface area contributed by atoms with E-state index in [9.17, 15) is 22.4 Å². The Labute approximate surface area is 92.9 Å². The molecule has 1 aromatic carbocycles. The van der Waals surface area contributed by atoms with Crippen LogP contribution in [0.5, 0.6) is 0 Å². The minimum atomic E-state index is -4.66. The summed E-state index contributed by atoms with van der Waals surface area (Å²) in [5.41, 5.74) is -1.90. The third kappa shape index (κ3) is 1.90. The summed E-state index contributed by atoms with van der Waals surface area (Å²) < 4.78 is 50.7. The maximum atomic E-state index is 13.4. The van der Waals surface area contributed by atoms with Gasteiger partial charge in [0, 0.05) is 6.07 Å². The summed E-state index contributed by atoms with van der Waals surface area (Å²) in [5, 5.41) is -0.349. The number of halogens is 4. The lowest BCUT2D eigenvalue weighted by atomic mass is 10.1. The average molecular weight is 245 g/mol. The van der Waals surface area contributed by atoms with Gasteiger partial charge in [-0.25, -0.2) is 4.39 Å². The predicted molar refractivity (Wildman–Crippen MR) is 54.3 cm³/mol.